The van der Waals surface area contributed by atoms with Crippen LogP contribution in [0.15, 0.2) is 24.3 Å². The van der Waals surface area contributed by atoms with Gasteiger partial charge in [-0.1, -0.05) is 13.8 Å². The number of nitrogen functional groups attached to an aromatic ring is 1. The van der Waals surface area contributed by atoms with Crippen molar-refractivity contribution in [3.05, 3.63) is 29.8 Å². The molecule has 0 aliphatic carbocycles. The Morgan fingerprint density at radius 1 is 1.33 bits per heavy atom. The van der Waals surface area contributed by atoms with Crippen LogP contribution in [0.5, 0.6) is 0 Å². The van der Waals surface area contributed by atoms with Gasteiger partial charge in [0.05, 0.1) is 6.54 Å². The summed E-state index contributed by atoms with van der Waals surface area (Å²) in [5, 5.41) is 3.12. The quantitative estimate of drug-likeness (QED) is 0.569. The third-order valence-electron chi connectivity index (χ3n) is 2.07. The van der Waals surface area contributed by atoms with Gasteiger partial charge in [-0.15, -0.1) is 0 Å². The second-order valence-corrected chi connectivity index (χ2v) is 4.07. The fraction of sp³-hybridized carbons (Fsp3) is 0.417. The first-order chi connectivity index (χ1) is 7.09. The van der Waals surface area contributed by atoms with Crippen molar-refractivity contribution in [3.8, 4) is 0 Å². The van der Waals surface area contributed by atoms with Crippen LogP contribution in [0.2, 0.25) is 0 Å². The predicted molar refractivity (Wildman–Crippen MR) is 62.9 cm³/mol. The molecule has 1 aromatic carbocycles. The number of Topliss-reactive ketones (excluding diaryl/α,β-unsaturated/α-hetero) is 1. The van der Waals surface area contributed by atoms with E-state index < -0.39 is 0 Å². The molecule has 0 amide bonds. The number of nitrogens with one attached hydrogen (secondary N) is 1. The molecule has 0 saturated carbocycles. The number of nitrogens with two attached hydrogens (primary N) is 1. The molecule has 1 aromatic rings. The molecular weight excluding hydrogens is 188 g/mol. The second kappa shape index (κ2) is 5.51. The van der Waals surface area contributed by atoms with Crippen molar-refractivity contribution in [2.75, 3.05) is 18.8 Å². The van der Waals surface area contributed by atoms with Gasteiger partial charge in [0.25, 0.3) is 0 Å². The first-order valence-electron chi connectivity index (χ1n) is 5.19. The number of hydrogen-bond acceptors (Lipinski definition) is 3. The number of hydrogen-bond donors (Lipinski definition) is 2. The predicted octanol–water partition coefficient (Wildman–Crippen LogP) is 1.70. The minimum atomic E-state index is 0.107. The van der Waals surface area contributed by atoms with Gasteiger partial charge >= 0.3 is 0 Å². The third-order valence-corrected chi connectivity index (χ3v) is 2.07. The molecule has 0 bridgehead atoms. The molecule has 0 fully saturated rings. The van der Waals surface area contributed by atoms with Crippen LogP contribution in [0, 0.1) is 5.92 Å². The van der Waals surface area contributed by atoms with Gasteiger partial charge < -0.3 is 11.1 Å². The van der Waals surface area contributed by atoms with E-state index in [0.29, 0.717) is 23.7 Å². The SMILES string of the molecule is CC(C)CNCC(=O)c1ccc(N)cc1. The molecule has 0 unspecified atom stereocenters. The number of ketones is 1. The van der Waals surface area contributed by atoms with Gasteiger partial charge in [0, 0.05) is 11.3 Å². The van der Waals surface area contributed by atoms with Crippen molar-refractivity contribution in [2.24, 2.45) is 5.92 Å². The Bertz CT molecular complexity index is 317. The summed E-state index contributed by atoms with van der Waals surface area (Å²) in [5.74, 6) is 0.667. The van der Waals surface area contributed by atoms with Gasteiger partial charge in [0.2, 0.25) is 0 Å². The zero-order valence-corrected chi connectivity index (χ0v) is 9.29. The van der Waals surface area contributed by atoms with E-state index in [-0.39, 0.29) is 5.78 Å². The van der Waals surface area contributed by atoms with Gasteiger partial charge in [-0.05, 0) is 36.7 Å². The zero-order valence-electron chi connectivity index (χ0n) is 9.29. The van der Waals surface area contributed by atoms with Crippen molar-refractivity contribution in [2.45, 2.75) is 13.8 Å². The van der Waals surface area contributed by atoms with E-state index in [9.17, 15) is 4.79 Å². The van der Waals surface area contributed by atoms with E-state index in [1.165, 1.54) is 0 Å². The molecule has 0 atom stereocenters. The molecule has 3 nitrogen and oxygen atoms in total. The fourth-order valence-electron chi connectivity index (χ4n) is 1.25. The number of rotatable bonds is 5. The lowest BCUT2D eigenvalue weighted by Crippen LogP contribution is -2.26. The van der Waals surface area contributed by atoms with E-state index in [0.717, 1.165) is 6.54 Å². The largest absolute Gasteiger partial charge is 0.399 e. The topological polar surface area (TPSA) is 55.1 Å². The lowest BCUT2D eigenvalue weighted by atomic mass is 10.1. The molecule has 3 heteroatoms. The summed E-state index contributed by atoms with van der Waals surface area (Å²) < 4.78 is 0. The highest BCUT2D eigenvalue weighted by Crippen LogP contribution is 2.05. The summed E-state index contributed by atoms with van der Waals surface area (Å²) in [6, 6.07) is 7.01. The third kappa shape index (κ3) is 4.13. The number of carbonyl (C=O) groups excluding carboxylic acids is 1. The van der Waals surface area contributed by atoms with Gasteiger partial charge in [0.15, 0.2) is 5.78 Å². The van der Waals surface area contributed by atoms with Crippen LogP contribution < -0.4 is 11.1 Å². The maximum Gasteiger partial charge on any atom is 0.176 e. The van der Waals surface area contributed by atoms with Crippen molar-refractivity contribution >= 4 is 11.5 Å². The minimum Gasteiger partial charge on any atom is -0.399 e. The molecule has 3 N–H and O–H groups in total. The average Bonchev–Trinajstić information content (AvgIpc) is 2.18. The molecule has 0 saturated heterocycles. The summed E-state index contributed by atoms with van der Waals surface area (Å²) in [5.41, 5.74) is 6.93. The highest BCUT2D eigenvalue weighted by atomic mass is 16.1. The lowest BCUT2D eigenvalue weighted by Gasteiger charge is -2.06. The normalized spacial score (nSPS) is 10.6. The van der Waals surface area contributed by atoms with Crippen LogP contribution in [0.25, 0.3) is 0 Å². The number of carbonyl (C=O) groups is 1. The monoisotopic (exact) mass is 206 g/mol. The van der Waals surface area contributed by atoms with E-state index >= 15 is 0 Å². The Balaban J connectivity index is 2.43. The molecule has 0 aliphatic heterocycles. The Morgan fingerprint density at radius 3 is 2.47 bits per heavy atom. The molecule has 0 radical (unpaired) electrons. The number of benzene rings is 1. The first kappa shape index (κ1) is 11.7. The summed E-state index contributed by atoms with van der Waals surface area (Å²) >= 11 is 0. The molecular formula is C12H18N2O. The van der Waals surface area contributed by atoms with Crippen molar-refractivity contribution < 1.29 is 4.79 Å². The Kier molecular flexibility index (Phi) is 4.31. The van der Waals surface area contributed by atoms with E-state index in [1.54, 1.807) is 24.3 Å². The maximum atomic E-state index is 11.6. The van der Waals surface area contributed by atoms with E-state index in [4.69, 9.17) is 5.73 Å². The molecule has 82 valence electrons. The lowest BCUT2D eigenvalue weighted by molar-refractivity contribution is 0.0990. The Hall–Kier alpha value is -1.35. The van der Waals surface area contributed by atoms with Gasteiger partial charge in [-0.2, -0.15) is 0 Å². The maximum absolute atomic E-state index is 11.6. The van der Waals surface area contributed by atoms with Crippen molar-refractivity contribution in [3.63, 3.8) is 0 Å². The van der Waals surface area contributed by atoms with Crippen LogP contribution in [0.4, 0.5) is 5.69 Å². The number of anilines is 1. The molecule has 0 spiro atoms. The smallest absolute Gasteiger partial charge is 0.176 e. The molecule has 0 aliphatic rings. The van der Waals surface area contributed by atoms with Crippen LogP contribution in [0.1, 0.15) is 24.2 Å². The highest BCUT2D eigenvalue weighted by molar-refractivity contribution is 5.97. The zero-order chi connectivity index (χ0) is 11.3. The van der Waals surface area contributed by atoms with E-state index in [1.807, 2.05) is 0 Å². The van der Waals surface area contributed by atoms with E-state index in [2.05, 4.69) is 19.2 Å². The Labute approximate surface area is 90.7 Å². The molecule has 1 rings (SSSR count). The standard InChI is InChI=1S/C12H18N2O/c1-9(2)7-14-8-12(15)10-3-5-11(13)6-4-10/h3-6,9,14H,7-8,13H2,1-2H3. The van der Waals surface area contributed by atoms with Crippen LogP contribution >= 0.6 is 0 Å². The van der Waals surface area contributed by atoms with Crippen LogP contribution in [-0.4, -0.2) is 18.9 Å². The molecule has 0 aromatic heterocycles. The summed E-state index contributed by atoms with van der Waals surface area (Å²) in [4.78, 5) is 11.6. The fourth-order valence-corrected chi connectivity index (χ4v) is 1.25. The summed E-state index contributed by atoms with van der Waals surface area (Å²) in [6.45, 7) is 5.48. The van der Waals surface area contributed by atoms with Crippen molar-refractivity contribution in [1.82, 2.24) is 5.32 Å². The highest BCUT2D eigenvalue weighted by Gasteiger charge is 2.04. The summed E-state index contributed by atoms with van der Waals surface area (Å²) in [7, 11) is 0. The molecule has 15 heavy (non-hydrogen) atoms. The van der Waals surface area contributed by atoms with Crippen molar-refractivity contribution in [1.29, 1.82) is 0 Å². The average molecular weight is 206 g/mol. The first-order valence-corrected chi connectivity index (χ1v) is 5.19. The molecule has 0 heterocycles. The van der Waals surface area contributed by atoms with Gasteiger partial charge in [-0.25, -0.2) is 0 Å². The van der Waals surface area contributed by atoms with Crippen LogP contribution in [0.3, 0.4) is 0 Å². The van der Waals surface area contributed by atoms with Gasteiger partial charge in [0.1, 0.15) is 0 Å². The second-order valence-electron chi connectivity index (χ2n) is 4.07. The van der Waals surface area contributed by atoms with Gasteiger partial charge in [-0.3, -0.25) is 4.79 Å². The minimum absolute atomic E-state index is 0.107. The van der Waals surface area contributed by atoms with Crippen LogP contribution in [-0.2, 0) is 0 Å². The Morgan fingerprint density at radius 2 is 1.93 bits per heavy atom. The summed E-state index contributed by atoms with van der Waals surface area (Å²) in [6.07, 6.45) is 0.